The van der Waals surface area contributed by atoms with E-state index in [-0.39, 0.29) is 5.82 Å². The molecule has 0 saturated carbocycles. The van der Waals surface area contributed by atoms with E-state index in [2.05, 4.69) is 5.32 Å². The highest BCUT2D eigenvalue weighted by Gasteiger charge is 2.27. The average Bonchev–Trinajstić information content (AvgIpc) is 2.64. The normalized spacial score (nSPS) is 14.2. The van der Waals surface area contributed by atoms with Crippen molar-refractivity contribution in [2.24, 2.45) is 0 Å². The summed E-state index contributed by atoms with van der Waals surface area (Å²) in [6, 6.07) is 10.5. The fourth-order valence-electron chi connectivity index (χ4n) is 3.55. The quantitative estimate of drug-likeness (QED) is 0.828. The molecule has 0 bridgehead atoms. The van der Waals surface area contributed by atoms with Crippen molar-refractivity contribution in [2.45, 2.75) is 20.8 Å². The Morgan fingerprint density at radius 1 is 0.963 bits per heavy atom. The van der Waals surface area contributed by atoms with Crippen LogP contribution in [-0.4, -0.2) is 42.9 Å². The maximum absolute atomic E-state index is 13.9. The molecule has 1 N–H and O–H groups in total. The molecule has 142 valence electrons. The largest absolute Gasteiger partial charge is 0.366 e. The summed E-state index contributed by atoms with van der Waals surface area (Å²) in [6.45, 7) is 7.55. The second-order valence-electron chi connectivity index (χ2n) is 6.96. The molecule has 27 heavy (non-hydrogen) atoms. The Kier molecular flexibility index (Phi) is 5.44. The number of carbonyl (C=O) groups is 2. The molecular formula is C21H24FN3O2. The van der Waals surface area contributed by atoms with Crippen LogP contribution in [0.4, 0.5) is 15.8 Å². The van der Waals surface area contributed by atoms with Crippen molar-refractivity contribution in [3.05, 3.63) is 58.9 Å². The number of carbonyl (C=O) groups excluding carboxylic acids is 2. The number of halogens is 1. The van der Waals surface area contributed by atoms with Crippen molar-refractivity contribution in [1.29, 1.82) is 0 Å². The third-order valence-electron chi connectivity index (χ3n) is 4.87. The molecule has 1 heterocycles. The van der Waals surface area contributed by atoms with E-state index in [0.717, 1.165) is 16.7 Å². The first-order valence-corrected chi connectivity index (χ1v) is 9.04. The van der Waals surface area contributed by atoms with E-state index < -0.39 is 11.8 Å². The zero-order chi connectivity index (χ0) is 19.6. The lowest BCUT2D eigenvalue weighted by molar-refractivity contribution is -0.143. The van der Waals surface area contributed by atoms with E-state index in [1.165, 1.54) is 11.0 Å². The molecule has 0 aromatic heterocycles. The fourth-order valence-corrected chi connectivity index (χ4v) is 3.55. The lowest BCUT2D eigenvalue weighted by Crippen LogP contribution is -2.51. The molecule has 0 aliphatic carbocycles. The summed E-state index contributed by atoms with van der Waals surface area (Å²) in [5.41, 5.74) is 4.18. The molecule has 1 aliphatic rings. The van der Waals surface area contributed by atoms with Crippen LogP contribution in [0.25, 0.3) is 0 Å². The van der Waals surface area contributed by atoms with Gasteiger partial charge in [0.25, 0.3) is 0 Å². The Labute approximate surface area is 158 Å². The predicted molar refractivity (Wildman–Crippen MR) is 104 cm³/mol. The van der Waals surface area contributed by atoms with E-state index in [4.69, 9.17) is 0 Å². The van der Waals surface area contributed by atoms with Gasteiger partial charge in [-0.3, -0.25) is 9.59 Å². The molecule has 5 nitrogen and oxygen atoms in total. The minimum absolute atomic E-state index is 0.277. The Hall–Kier alpha value is -2.89. The summed E-state index contributed by atoms with van der Waals surface area (Å²) in [6.07, 6.45) is 0. The molecule has 2 aromatic rings. The van der Waals surface area contributed by atoms with E-state index >= 15 is 0 Å². The highest BCUT2D eigenvalue weighted by molar-refractivity contribution is 6.39. The zero-order valence-corrected chi connectivity index (χ0v) is 15.9. The van der Waals surface area contributed by atoms with Crippen molar-refractivity contribution in [3.63, 3.8) is 0 Å². The zero-order valence-electron chi connectivity index (χ0n) is 15.9. The topological polar surface area (TPSA) is 52.7 Å². The van der Waals surface area contributed by atoms with Crippen LogP contribution in [0.1, 0.15) is 16.7 Å². The van der Waals surface area contributed by atoms with Crippen LogP contribution < -0.4 is 10.2 Å². The average molecular weight is 369 g/mol. The number of amides is 2. The standard InChI is InChI=1S/C21H24FN3O2/c1-14-12-15(2)19(16(3)13-14)23-20(26)21(27)25-10-8-24(9-11-25)18-7-5-4-6-17(18)22/h4-7,12-13H,8-11H2,1-3H3,(H,23,26). The Balaban J connectivity index is 1.62. The van der Waals surface area contributed by atoms with E-state index in [1.54, 1.807) is 18.2 Å². The number of nitrogens with one attached hydrogen (secondary N) is 1. The van der Waals surface area contributed by atoms with Gasteiger partial charge in [-0.15, -0.1) is 0 Å². The van der Waals surface area contributed by atoms with Gasteiger partial charge in [-0.25, -0.2) is 4.39 Å². The summed E-state index contributed by atoms with van der Waals surface area (Å²) < 4.78 is 13.9. The van der Waals surface area contributed by atoms with E-state index in [9.17, 15) is 14.0 Å². The number of anilines is 2. The number of hydrogen-bond donors (Lipinski definition) is 1. The van der Waals surface area contributed by atoms with Crippen LogP contribution in [0.15, 0.2) is 36.4 Å². The molecule has 0 spiro atoms. The third kappa shape index (κ3) is 4.10. The number of para-hydroxylation sites is 1. The van der Waals surface area contributed by atoms with Gasteiger partial charge in [0.2, 0.25) is 0 Å². The molecule has 2 aromatic carbocycles. The van der Waals surface area contributed by atoms with E-state index in [1.807, 2.05) is 37.8 Å². The highest BCUT2D eigenvalue weighted by atomic mass is 19.1. The third-order valence-corrected chi connectivity index (χ3v) is 4.87. The van der Waals surface area contributed by atoms with Crippen molar-refractivity contribution in [1.82, 2.24) is 4.90 Å². The molecule has 0 radical (unpaired) electrons. The maximum Gasteiger partial charge on any atom is 0.313 e. The SMILES string of the molecule is Cc1cc(C)c(NC(=O)C(=O)N2CCN(c3ccccc3F)CC2)c(C)c1. The highest BCUT2D eigenvalue weighted by Crippen LogP contribution is 2.23. The van der Waals surface area contributed by atoms with Gasteiger partial charge >= 0.3 is 11.8 Å². The summed E-state index contributed by atoms with van der Waals surface area (Å²) in [7, 11) is 0. The van der Waals surface area contributed by atoms with Gasteiger partial charge in [0.05, 0.1) is 5.69 Å². The summed E-state index contributed by atoms with van der Waals surface area (Å²) >= 11 is 0. The van der Waals surface area contributed by atoms with Crippen molar-refractivity contribution >= 4 is 23.2 Å². The Bertz CT molecular complexity index is 850. The number of piperazine rings is 1. The number of rotatable bonds is 2. The minimum atomic E-state index is -0.635. The second kappa shape index (κ2) is 7.78. The van der Waals surface area contributed by atoms with Crippen LogP contribution in [0.2, 0.25) is 0 Å². The predicted octanol–water partition coefficient (Wildman–Crippen LogP) is 3.04. The van der Waals surface area contributed by atoms with Gasteiger partial charge in [0, 0.05) is 31.9 Å². The van der Waals surface area contributed by atoms with Gasteiger partial charge in [-0.2, -0.15) is 0 Å². The van der Waals surface area contributed by atoms with Crippen LogP contribution in [0, 0.1) is 26.6 Å². The Morgan fingerprint density at radius 3 is 2.15 bits per heavy atom. The molecule has 1 aliphatic heterocycles. The first kappa shape index (κ1) is 18.9. The van der Waals surface area contributed by atoms with Gasteiger partial charge in [0.1, 0.15) is 5.82 Å². The lowest BCUT2D eigenvalue weighted by Gasteiger charge is -2.35. The number of nitrogens with zero attached hydrogens (tertiary/aromatic N) is 2. The lowest BCUT2D eigenvalue weighted by atomic mass is 10.1. The van der Waals surface area contributed by atoms with Gasteiger partial charge in [-0.1, -0.05) is 29.8 Å². The van der Waals surface area contributed by atoms with Crippen LogP contribution >= 0.6 is 0 Å². The van der Waals surface area contributed by atoms with Crippen LogP contribution in [0.3, 0.4) is 0 Å². The van der Waals surface area contributed by atoms with Gasteiger partial charge in [-0.05, 0) is 44.0 Å². The fraction of sp³-hybridized carbons (Fsp3) is 0.333. The molecule has 3 rings (SSSR count). The molecule has 1 saturated heterocycles. The van der Waals surface area contributed by atoms with Crippen LogP contribution in [-0.2, 0) is 9.59 Å². The maximum atomic E-state index is 13.9. The number of benzene rings is 2. The molecule has 0 unspecified atom stereocenters. The first-order chi connectivity index (χ1) is 12.9. The van der Waals surface area contributed by atoms with Crippen LogP contribution in [0.5, 0.6) is 0 Å². The van der Waals surface area contributed by atoms with Gasteiger partial charge in [0.15, 0.2) is 0 Å². The minimum Gasteiger partial charge on any atom is -0.366 e. The molecular weight excluding hydrogens is 345 g/mol. The number of hydrogen-bond acceptors (Lipinski definition) is 3. The van der Waals surface area contributed by atoms with E-state index in [0.29, 0.717) is 37.6 Å². The molecule has 0 atom stereocenters. The van der Waals surface area contributed by atoms with Crippen molar-refractivity contribution in [2.75, 3.05) is 36.4 Å². The number of aryl methyl sites for hydroxylation is 3. The summed E-state index contributed by atoms with van der Waals surface area (Å²) in [5, 5.41) is 2.75. The van der Waals surface area contributed by atoms with Crippen molar-refractivity contribution in [3.8, 4) is 0 Å². The molecule has 2 amide bonds. The molecule has 6 heteroatoms. The monoisotopic (exact) mass is 369 g/mol. The smallest absolute Gasteiger partial charge is 0.313 e. The Morgan fingerprint density at radius 2 is 1.56 bits per heavy atom. The summed E-state index contributed by atoms with van der Waals surface area (Å²) in [4.78, 5) is 28.4. The second-order valence-corrected chi connectivity index (χ2v) is 6.96. The summed E-state index contributed by atoms with van der Waals surface area (Å²) in [5.74, 6) is -1.47. The molecule has 1 fully saturated rings. The van der Waals surface area contributed by atoms with Crippen molar-refractivity contribution < 1.29 is 14.0 Å². The first-order valence-electron chi connectivity index (χ1n) is 9.04. The van der Waals surface area contributed by atoms with Gasteiger partial charge < -0.3 is 15.1 Å².